The van der Waals surface area contributed by atoms with Crippen LogP contribution in [0.1, 0.15) is 25.7 Å². The van der Waals surface area contributed by atoms with E-state index in [2.05, 4.69) is 15.6 Å². The summed E-state index contributed by atoms with van der Waals surface area (Å²) in [4.78, 5) is 30.9. The molecule has 2 heterocycles. The van der Waals surface area contributed by atoms with Gasteiger partial charge in [0.05, 0.1) is 16.1 Å². The van der Waals surface area contributed by atoms with E-state index in [0.29, 0.717) is 17.7 Å². The van der Waals surface area contributed by atoms with Gasteiger partial charge in [0, 0.05) is 19.1 Å². The van der Waals surface area contributed by atoms with Crippen LogP contribution in [-0.4, -0.2) is 41.0 Å². The highest BCUT2D eigenvalue weighted by atomic mass is 32.1. The number of thiazole rings is 1. The van der Waals surface area contributed by atoms with Crippen molar-refractivity contribution in [2.45, 2.75) is 31.7 Å². The molecule has 126 valence electrons. The first-order valence-corrected chi connectivity index (χ1v) is 9.22. The van der Waals surface area contributed by atoms with Crippen LogP contribution < -0.4 is 10.6 Å². The van der Waals surface area contributed by atoms with E-state index in [9.17, 15) is 9.59 Å². The number of fused-ring (bicyclic) bond motifs is 1. The van der Waals surface area contributed by atoms with Crippen LogP contribution in [0.15, 0.2) is 24.3 Å². The molecule has 0 bridgehead atoms. The highest BCUT2D eigenvalue weighted by Crippen LogP contribution is 2.27. The van der Waals surface area contributed by atoms with Gasteiger partial charge in [0.1, 0.15) is 0 Å². The molecule has 1 saturated heterocycles. The molecule has 1 atom stereocenters. The topological polar surface area (TPSA) is 74.3 Å². The standard InChI is InChI=1S/C17H20N4O2S/c22-15(20-16-19-13-5-1-2-6-14(13)24-16)11-4-3-9-21(10-11)17(23)18-12-7-8-12/h1-2,5-6,11-12H,3-4,7-10H2,(H,18,23)(H,19,20,22). The lowest BCUT2D eigenvalue weighted by molar-refractivity contribution is -0.121. The molecule has 24 heavy (non-hydrogen) atoms. The van der Waals surface area contributed by atoms with Crippen molar-refractivity contribution in [1.29, 1.82) is 0 Å². The number of para-hydroxylation sites is 1. The molecule has 1 aliphatic carbocycles. The maximum atomic E-state index is 12.5. The molecule has 2 fully saturated rings. The maximum Gasteiger partial charge on any atom is 0.317 e. The minimum Gasteiger partial charge on any atom is -0.335 e. The number of benzene rings is 1. The van der Waals surface area contributed by atoms with E-state index < -0.39 is 0 Å². The number of amides is 3. The zero-order valence-electron chi connectivity index (χ0n) is 13.3. The fourth-order valence-corrected chi connectivity index (χ4v) is 3.87. The van der Waals surface area contributed by atoms with Crippen LogP contribution in [0.4, 0.5) is 9.93 Å². The van der Waals surface area contributed by atoms with Crippen molar-refractivity contribution in [3.05, 3.63) is 24.3 Å². The number of carbonyl (C=O) groups excluding carboxylic acids is 2. The summed E-state index contributed by atoms with van der Waals surface area (Å²) < 4.78 is 1.06. The van der Waals surface area contributed by atoms with E-state index in [1.807, 2.05) is 24.3 Å². The monoisotopic (exact) mass is 344 g/mol. The largest absolute Gasteiger partial charge is 0.335 e. The van der Waals surface area contributed by atoms with Crippen molar-refractivity contribution in [1.82, 2.24) is 15.2 Å². The number of nitrogens with zero attached hydrogens (tertiary/aromatic N) is 2. The van der Waals surface area contributed by atoms with Gasteiger partial charge in [-0.05, 0) is 37.8 Å². The maximum absolute atomic E-state index is 12.5. The molecule has 3 amide bonds. The molecular formula is C17H20N4O2S. The van der Waals surface area contributed by atoms with E-state index in [1.165, 1.54) is 11.3 Å². The molecule has 2 aliphatic rings. The molecule has 1 saturated carbocycles. The number of likely N-dealkylation sites (tertiary alicyclic amines) is 1. The summed E-state index contributed by atoms with van der Waals surface area (Å²) >= 11 is 1.48. The smallest absolute Gasteiger partial charge is 0.317 e. The number of nitrogens with one attached hydrogen (secondary N) is 2. The molecule has 2 N–H and O–H groups in total. The van der Waals surface area contributed by atoms with Gasteiger partial charge < -0.3 is 15.5 Å². The summed E-state index contributed by atoms with van der Waals surface area (Å²) in [5, 5.41) is 6.54. The van der Waals surface area contributed by atoms with E-state index in [0.717, 1.165) is 42.4 Å². The fourth-order valence-electron chi connectivity index (χ4n) is 3.00. The average Bonchev–Trinajstić information content (AvgIpc) is 3.31. The zero-order chi connectivity index (χ0) is 16.5. The minimum atomic E-state index is -0.171. The normalized spacial score (nSPS) is 20.8. The molecule has 1 aromatic carbocycles. The van der Waals surface area contributed by atoms with Crippen molar-refractivity contribution in [2.24, 2.45) is 5.92 Å². The predicted octanol–water partition coefficient (Wildman–Crippen LogP) is 2.82. The van der Waals surface area contributed by atoms with Gasteiger partial charge in [0.2, 0.25) is 5.91 Å². The fraction of sp³-hybridized carbons (Fsp3) is 0.471. The summed E-state index contributed by atoms with van der Waals surface area (Å²) in [5.74, 6) is -0.214. The zero-order valence-corrected chi connectivity index (χ0v) is 14.1. The van der Waals surface area contributed by atoms with E-state index in [4.69, 9.17) is 0 Å². The van der Waals surface area contributed by atoms with Gasteiger partial charge in [-0.25, -0.2) is 9.78 Å². The molecule has 0 radical (unpaired) electrons. The first-order valence-electron chi connectivity index (χ1n) is 8.41. The molecule has 1 aromatic heterocycles. The van der Waals surface area contributed by atoms with Crippen LogP contribution in [0.2, 0.25) is 0 Å². The molecule has 4 rings (SSSR count). The molecule has 6 nitrogen and oxygen atoms in total. The van der Waals surface area contributed by atoms with Crippen LogP contribution in [0, 0.1) is 5.92 Å². The van der Waals surface area contributed by atoms with Crippen molar-refractivity contribution in [3.8, 4) is 0 Å². The predicted molar refractivity (Wildman–Crippen MR) is 94.1 cm³/mol. The summed E-state index contributed by atoms with van der Waals surface area (Å²) in [7, 11) is 0. The Kier molecular flexibility index (Phi) is 4.10. The number of carbonyl (C=O) groups is 2. The van der Waals surface area contributed by atoms with Gasteiger partial charge >= 0.3 is 6.03 Å². The number of hydrogen-bond acceptors (Lipinski definition) is 4. The average molecular weight is 344 g/mol. The SMILES string of the molecule is O=C(Nc1nc2ccccc2s1)C1CCCN(C(=O)NC2CC2)C1. The van der Waals surface area contributed by atoms with Gasteiger partial charge in [-0.3, -0.25) is 4.79 Å². The Morgan fingerprint density at radius 2 is 2.04 bits per heavy atom. The molecule has 1 aliphatic heterocycles. The third-order valence-corrected chi connectivity index (χ3v) is 5.46. The van der Waals surface area contributed by atoms with Crippen LogP contribution in [0.3, 0.4) is 0 Å². The summed E-state index contributed by atoms with van der Waals surface area (Å²) in [5.41, 5.74) is 0.895. The van der Waals surface area contributed by atoms with Crippen molar-refractivity contribution < 1.29 is 9.59 Å². The Hall–Kier alpha value is -2.15. The summed E-state index contributed by atoms with van der Waals surface area (Å²) in [6, 6.07) is 8.14. The number of hydrogen-bond donors (Lipinski definition) is 2. The summed E-state index contributed by atoms with van der Waals surface area (Å²) in [6.45, 7) is 1.21. The van der Waals surface area contributed by atoms with Gasteiger partial charge in [-0.15, -0.1) is 0 Å². The molecule has 7 heteroatoms. The van der Waals surface area contributed by atoms with Gasteiger partial charge in [-0.2, -0.15) is 0 Å². The van der Waals surface area contributed by atoms with Crippen molar-refractivity contribution >= 4 is 38.6 Å². The van der Waals surface area contributed by atoms with Crippen molar-refractivity contribution in [2.75, 3.05) is 18.4 Å². The van der Waals surface area contributed by atoms with Gasteiger partial charge in [0.25, 0.3) is 0 Å². The number of rotatable bonds is 3. The summed E-state index contributed by atoms with van der Waals surface area (Å²) in [6.07, 6.45) is 3.81. The number of anilines is 1. The second kappa shape index (κ2) is 6.39. The molecule has 2 aromatic rings. The lowest BCUT2D eigenvalue weighted by Gasteiger charge is -2.31. The van der Waals surface area contributed by atoms with E-state index >= 15 is 0 Å². The Labute approximate surface area is 144 Å². The van der Waals surface area contributed by atoms with E-state index in [1.54, 1.807) is 4.90 Å². The lowest BCUT2D eigenvalue weighted by atomic mass is 9.97. The number of urea groups is 1. The quantitative estimate of drug-likeness (QED) is 0.899. The van der Waals surface area contributed by atoms with Crippen LogP contribution >= 0.6 is 11.3 Å². The molecule has 0 spiro atoms. The van der Waals surface area contributed by atoms with Crippen LogP contribution in [-0.2, 0) is 4.79 Å². The third kappa shape index (κ3) is 3.36. The Morgan fingerprint density at radius 1 is 1.21 bits per heavy atom. The lowest BCUT2D eigenvalue weighted by Crippen LogP contribution is -2.48. The highest BCUT2D eigenvalue weighted by molar-refractivity contribution is 7.22. The minimum absolute atomic E-state index is 0.0324. The van der Waals surface area contributed by atoms with Gasteiger partial charge in [0.15, 0.2) is 5.13 Å². The Bertz CT molecular complexity index is 738. The second-order valence-corrected chi connectivity index (χ2v) is 7.52. The first-order chi connectivity index (χ1) is 11.7. The highest BCUT2D eigenvalue weighted by Gasteiger charge is 2.31. The number of piperidine rings is 1. The Balaban J connectivity index is 1.38. The van der Waals surface area contributed by atoms with Crippen molar-refractivity contribution in [3.63, 3.8) is 0 Å². The van der Waals surface area contributed by atoms with Crippen LogP contribution in [0.5, 0.6) is 0 Å². The molecular weight excluding hydrogens is 324 g/mol. The number of aromatic nitrogens is 1. The van der Waals surface area contributed by atoms with Crippen LogP contribution in [0.25, 0.3) is 10.2 Å². The van der Waals surface area contributed by atoms with Gasteiger partial charge in [-0.1, -0.05) is 23.5 Å². The third-order valence-electron chi connectivity index (χ3n) is 4.51. The molecule has 1 unspecified atom stereocenters. The first kappa shape index (κ1) is 15.4. The van der Waals surface area contributed by atoms with E-state index in [-0.39, 0.29) is 17.9 Å². The Morgan fingerprint density at radius 3 is 2.83 bits per heavy atom. The second-order valence-electron chi connectivity index (χ2n) is 6.48.